The molecule has 1 aromatic carbocycles. The molecule has 0 aliphatic heterocycles. The zero-order valence-corrected chi connectivity index (χ0v) is 15.1. The van der Waals surface area contributed by atoms with Crippen molar-refractivity contribution in [3.63, 3.8) is 0 Å². The van der Waals surface area contributed by atoms with Crippen molar-refractivity contribution in [2.75, 3.05) is 6.61 Å². The summed E-state index contributed by atoms with van der Waals surface area (Å²) in [7, 11) is 0. The first-order chi connectivity index (χ1) is 9.31. The highest BCUT2D eigenvalue weighted by molar-refractivity contribution is 8.55. The van der Waals surface area contributed by atoms with Gasteiger partial charge in [0.15, 0.2) is 0 Å². The van der Waals surface area contributed by atoms with Gasteiger partial charge in [0.2, 0.25) is 0 Å². The maximum atomic E-state index is 12.7. The highest BCUT2D eigenvalue weighted by Crippen LogP contribution is 2.62. The lowest BCUT2D eigenvalue weighted by molar-refractivity contribution is 0.296. The fourth-order valence-corrected chi connectivity index (χ4v) is 5.81. The van der Waals surface area contributed by atoms with Gasteiger partial charge >= 0.3 is 6.80 Å². The second-order valence-electron chi connectivity index (χ2n) is 4.65. The summed E-state index contributed by atoms with van der Waals surface area (Å²) in [4.78, 5) is 0. The fraction of sp³-hybridized carbons (Fsp3) is 0.571. The van der Waals surface area contributed by atoms with E-state index in [1.54, 1.807) is 12.1 Å². The van der Waals surface area contributed by atoms with Crippen molar-refractivity contribution in [2.45, 2.75) is 46.3 Å². The first-order valence-electron chi connectivity index (χ1n) is 6.70. The van der Waals surface area contributed by atoms with E-state index >= 15 is 0 Å². The van der Waals surface area contributed by atoms with Crippen LogP contribution in [0.15, 0.2) is 12.1 Å². The van der Waals surface area contributed by atoms with Crippen LogP contribution in [0.3, 0.4) is 0 Å². The van der Waals surface area contributed by atoms with E-state index in [1.807, 2.05) is 34.6 Å². The molecule has 0 aromatic heterocycles. The van der Waals surface area contributed by atoms with Crippen LogP contribution in [-0.4, -0.2) is 11.9 Å². The Morgan fingerprint density at radius 1 is 1.30 bits per heavy atom. The monoisotopic (exact) mass is 336 g/mol. The molecule has 0 aliphatic rings. The van der Waals surface area contributed by atoms with E-state index in [0.29, 0.717) is 17.4 Å². The first kappa shape index (κ1) is 17.9. The summed E-state index contributed by atoms with van der Waals surface area (Å²) < 4.78 is 23.8. The van der Waals surface area contributed by atoms with Crippen molar-refractivity contribution in [3.8, 4) is 5.75 Å². The van der Waals surface area contributed by atoms with Gasteiger partial charge in [0, 0.05) is 10.3 Å². The molecule has 0 N–H and O–H groups in total. The Morgan fingerprint density at radius 3 is 2.30 bits per heavy atom. The normalized spacial score (nSPS) is 15.7. The third-order valence-corrected chi connectivity index (χ3v) is 7.75. The van der Waals surface area contributed by atoms with Gasteiger partial charge in [0.25, 0.3) is 0 Å². The average molecular weight is 337 g/mol. The lowest BCUT2D eigenvalue weighted by Gasteiger charge is -2.21. The zero-order valence-electron chi connectivity index (χ0n) is 12.6. The van der Waals surface area contributed by atoms with Crippen LogP contribution in [0.25, 0.3) is 0 Å². The van der Waals surface area contributed by atoms with Crippen LogP contribution in [0.1, 0.15) is 38.3 Å². The Kier molecular flexibility index (Phi) is 6.93. The van der Waals surface area contributed by atoms with Crippen LogP contribution in [0.2, 0.25) is 5.02 Å². The zero-order chi connectivity index (χ0) is 15.3. The minimum Gasteiger partial charge on any atom is -0.417 e. The van der Waals surface area contributed by atoms with Gasteiger partial charge in [-0.2, -0.15) is 0 Å². The highest BCUT2D eigenvalue weighted by atomic mass is 35.5. The molecule has 1 rings (SSSR count). The maximum Gasteiger partial charge on any atom is 0.440 e. The topological polar surface area (TPSA) is 35.5 Å². The summed E-state index contributed by atoms with van der Waals surface area (Å²) >= 11 is 7.39. The Labute approximate surface area is 130 Å². The summed E-state index contributed by atoms with van der Waals surface area (Å²) in [5.74, 6) is 0.539. The van der Waals surface area contributed by atoms with Gasteiger partial charge < -0.3 is 4.52 Å². The molecule has 3 nitrogen and oxygen atoms in total. The molecule has 0 amide bonds. The standard InChI is InChI=1S/C14H22ClO3PS/c1-6-12(5)20-19(16,17-7-2)18-13-8-10(3)14(15)11(4)9-13/h8-9,12H,6-7H2,1-5H3. The Hall–Kier alpha value is -0.150. The van der Waals surface area contributed by atoms with Gasteiger partial charge in [0.1, 0.15) is 5.75 Å². The molecule has 0 saturated heterocycles. The summed E-state index contributed by atoms with van der Waals surface area (Å²) in [5, 5.41) is 0.917. The van der Waals surface area contributed by atoms with E-state index < -0.39 is 6.80 Å². The molecule has 0 spiro atoms. The molecule has 6 heteroatoms. The van der Waals surface area contributed by atoms with Gasteiger partial charge in [-0.15, -0.1) is 0 Å². The molecule has 1 aromatic rings. The molecular weight excluding hydrogens is 315 g/mol. The quantitative estimate of drug-likeness (QED) is 0.571. The van der Waals surface area contributed by atoms with E-state index in [-0.39, 0.29) is 5.25 Å². The molecule has 2 atom stereocenters. The summed E-state index contributed by atoms with van der Waals surface area (Å²) in [6.45, 7) is 6.82. The third-order valence-electron chi connectivity index (χ3n) is 2.80. The molecule has 20 heavy (non-hydrogen) atoms. The molecule has 0 saturated carbocycles. The number of benzene rings is 1. The Morgan fingerprint density at radius 2 is 1.85 bits per heavy atom. The summed E-state index contributed by atoms with van der Waals surface area (Å²) in [6.07, 6.45) is 0.907. The maximum absolute atomic E-state index is 12.7. The highest BCUT2D eigenvalue weighted by Gasteiger charge is 2.29. The molecule has 0 fully saturated rings. The van der Waals surface area contributed by atoms with Crippen LogP contribution in [-0.2, 0) is 9.09 Å². The number of hydrogen-bond acceptors (Lipinski definition) is 4. The number of halogens is 1. The second kappa shape index (κ2) is 7.74. The van der Waals surface area contributed by atoms with Crippen molar-refractivity contribution in [1.82, 2.24) is 0 Å². The Balaban J connectivity index is 2.98. The predicted octanol–water partition coefficient (Wildman–Crippen LogP) is 6.01. The van der Waals surface area contributed by atoms with Crippen molar-refractivity contribution >= 4 is 29.8 Å². The fourth-order valence-electron chi connectivity index (χ4n) is 1.62. The lowest BCUT2D eigenvalue weighted by atomic mass is 10.1. The lowest BCUT2D eigenvalue weighted by Crippen LogP contribution is -2.01. The van der Waals surface area contributed by atoms with Crippen molar-refractivity contribution in [2.24, 2.45) is 0 Å². The molecule has 114 valence electrons. The van der Waals surface area contributed by atoms with Crippen LogP contribution < -0.4 is 4.52 Å². The molecule has 2 unspecified atom stereocenters. The van der Waals surface area contributed by atoms with Crippen molar-refractivity contribution in [3.05, 3.63) is 28.3 Å². The van der Waals surface area contributed by atoms with Crippen LogP contribution >= 0.6 is 29.8 Å². The smallest absolute Gasteiger partial charge is 0.417 e. The summed E-state index contributed by atoms with van der Waals surface area (Å²) in [6, 6.07) is 3.58. The SMILES string of the molecule is CCOP(=O)(Oc1cc(C)c(Cl)c(C)c1)SC(C)CC. The summed E-state index contributed by atoms with van der Waals surface area (Å²) in [5.41, 5.74) is 1.80. The van der Waals surface area contributed by atoms with Crippen molar-refractivity contribution < 1.29 is 13.6 Å². The molecule has 0 radical (unpaired) electrons. The average Bonchev–Trinajstić information content (AvgIpc) is 2.35. The number of rotatable bonds is 7. The first-order valence-corrected chi connectivity index (χ1v) is 10.1. The Bertz CT molecular complexity index is 484. The largest absolute Gasteiger partial charge is 0.440 e. The second-order valence-corrected chi connectivity index (χ2v) is 9.35. The number of aryl methyl sites for hydroxylation is 2. The minimum absolute atomic E-state index is 0.210. The van der Waals surface area contributed by atoms with E-state index in [4.69, 9.17) is 20.6 Å². The third kappa shape index (κ3) is 5.00. The van der Waals surface area contributed by atoms with Crippen LogP contribution in [0, 0.1) is 13.8 Å². The van der Waals surface area contributed by atoms with Crippen LogP contribution in [0.5, 0.6) is 5.75 Å². The molecular formula is C14H22ClO3PS. The molecule has 0 heterocycles. The molecule has 0 aliphatic carbocycles. The van der Waals surface area contributed by atoms with E-state index in [0.717, 1.165) is 17.5 Å². The minimum atomic E-state index is -3.20. The van der Waals surface area contributed by atoms with Crippen LogP contribution in [0.4, 0.5) is 0 Å². The van der Waals surface area contributed by atoms with Gasteiger partial charge in [-0.25, -0.2) is 4.57 Å². The van der Waals surface area contributed by atoms with E-state index in [2.05, 4.69) is 0 Å². The van der Waals surface area contributed by atoms with Gasteiger partial charge in [-0.3, -0.25) is 4.52 Å². The number of hydrogen-bond donors (Lipinski definition) is 0. The van der Waals surface area contributed by atoms with Gasteiger partial charge in [-0.1, -0.05) is 25.4 Å². The van der Waals surface area contributed by atoms with E-state index in [1.165, 1.54) is 11.4 Å². The predicted molar refractivity (Wildman–Crippen MR) is 88.1 cm³/mol. The van der Waals surface area contributed by atoms with Crippen molar-refractivity contribution in [1.29, 1.82) is 0 Å². The molecule has 0 bridgehead atoms. The van der Waals surface area contributed by atoms with Gasteiger partial charge in [0.05, 0.1) is 6.61 Å². The van der Waals surface area contributed by atoms with Gasteiger partial charge in [-0.05, 0) is 61.8 Å². The van der Waals surface area contributed by atoms with E-state index in [9.17, 15) is 4.57 Å².